The van der Waals surface area contributed by atoms with Crippen molar-refractivity contribution >= 4 is 10.2 Å². The van der Waals surface area contributed by atoms with Gasteiger partial charge in [-0.25, -0.2) is 0 Å². The predicted octanol–water partition coefficient (Wildman–Crippen LogP) is 1.16. The standard InChI is InChI=1S/C8H16FNO2S/c1-7(2)10-5-3-8(4-6-10)13(9,11)12/h7-8H,3-6H2,1-2H3. The van der Waals surface area contributed by atoms with Crippen LogP contribution in [0.3, 0.4) is 0 Å². The van der Waals surface area contributed by atoms with E-state index < -0.39 is 15.5 Å². The minimum Gasteiger partial charge on any atom is -0.301 e. The maximum absolute atomic E-state index is 12.6. The molecule has 1 rings (SSSR count). The molecule has 0 aromatic carbocycles. The molecule has 0 aromatic heterocycles. The summed E-state index contributed by atoms with van der Waals surface area (Å²) in [7, 11) is -4.30. The second-order valence-corrected chi connectivity index (χ2v) is 5.42. The maximum Gasteiger partial charge on any atom is 0.305 e. The topological polar surface area (TPSA) is 37.4 Å². The summed E-state index contributed by atoms with van der Waals surface area (Å²) in [6.45, 7) is 5.49. The number of nitrogens with zero attached hydrogens (tertiary/aromatic N) is 1. The van der Waals surface area contributed by atoms with E-state index >= 15 is 0 Å². The molecule has 3 nitrogen and oxygen atoms in total. The molecule has 13 heavy (non-hydrogen) atoms. The van der Waals surface area contributed by atoms with Crippen LogP contribution < -0.4 is 0 Å². The van der Waals surface area contributed by atoms with E-state index in [0.29, 0.717) is 32.0 Å². The second-order valence-electron chi connectivity index (χ2n) is 3.80. The molecule has 0 aromatic rings. The summed E-state index contributed by atoms with van der Waals surface area (Å²) in [6, 6.07) is 0.420. The normalized spacial score (nSPS) is 22.5. The quantitative estimate of drug-likeness (QED) is 0.640. The highest BCUT2D eigenvalue weighted by atomic mass is 32.3. The third-order valence-corrected chi connectivity index (χ3v) is 3.87. The molecule has 0 N–H and O–H groups in total. The molecule has 5 heteroatoms. The van der Waals surface area contributed by atoms with Crippen LogP contribution in [0, 0.1) is 0 Å². The molecule has 0 saturated carbocycles. The van der Waals surface area contributed by atoms with Gasteiger partial charge in [0.05, 0.1) is 5.25 Å². The molecular weight excluding hydrogens is 193 g/mol. The Bertz CT molecular complexity index is 255. The molecular formula is C8H16FNO2S. The fraction of sp³-hybridized carbons (Fsp3) is 1.00. The van der Waals surface area contributed by atoms with Crippen LogP contribution in [0.25, 0.3) is 0 Å². The van der Waals surface area contributed by atoms with Crippen molar-refractivity contribution in [1.82, 2.24) is 4.90 Å². The van der Waals surface area contributed by atoms with Crippen LogP contribution >= 0.6 is 0 Å². The van der Waals surface area contributed by atoms with E-state index in [1.165, 1.54) is 0 Å². The number of rotatable bonds is 2. The molecule has 0 amide bonds. The van der Waals surface area contributed by atoms with Gasteiger partial charge in [0, 0.05) is 6.04 Å². The Labute approximate surface area is 79.1 Å². The van der Waals surface area contributed by atoms with Gasteiger partial charge in [0.2, 0.25) is 0 Å². The zero-order valence-corrected chi connectivity index (χ0v) is 8.85. The SMILES string of the molecule is CC(C)N1CCC(S(=O)(=O)F)CC1. The fourth-order valence-corrected chi connectivity index (χ4v) is 2.45. The summed E-state index contributed by atoms with van der Waals surface area (Å²) in [4.78, 5) is 2.17. The summed E-state index contributed by atoms with van der Waals surface area (Å²) in [5, 5.41) is -0.762. The molecule has 0 unspecified atom stereocenters. The van der Waals surface area contributed by atoms with E-state index in [4.69, 9.17) is 0 Å². The van der Waals surface area contributed by atoms with Gasteiger partial charge in [-0.1, -0.05) is 0 Å². The molecule has 1 heterocycles. The number of hydrogen-bond acceptors (Lipinski definition) is 3. The first kappa shape index (κ1) is 10.9. The highest BCUT2D eigenvalue weighted by Gasteiger charge is 2.30. The first-order valence-corrected chi connectivity index (χ1v) is 6.03. The van der Waals surface area contributed by atoms with Crippen molar-refractivity contribution in [2.24, 2.45) is 0 Å². The summed E-state index contributed by atoms with van der Waals surface area (Å²) in [5.41, 5.74) is 0. The van der Waals surface area contributed by atoms with Crippen LogP contribution in [0.5, 0.6) is 0 Å². The van der Waals surface area contributed by atoms with E-state index in [-0.39, 0.29) is 0 Å². The van der Waals surface area contributed by atoms with Crippen LogP contribution in [-0.2, 0) is 10.2 Å². The van der Waals surface area contributed by atoms with Gasteiger partial charge in [-0.2, -0.15) is 8.42 Å². The number of halogens is 1. The number of hydrogen-bond donors (Lipinski definition) is 0. The van der Waals surface area contributed by atoms with Gasteiger partial charge in [-0.3, -0.25) is 0 Å². The molecule has 1 fully saturated rings. The zero-order chi connectivity index (χ0) is 10.1. The highest BCUT2D eigenvalue weighted by molar-refractivity contribution is 7.87. The van der Waals surface area contributed by atoms with Gasteiger partial charge in [0.15, 0.2) is 0 Å². The molecule has 0 radical (unpaired) electrons. The lowest BCUT2D eigenvalue weighted by atomic mass is 10.1. The summed E-state index contributed by atoms with van der Waals surface area (Å²) in [5.74, 6) is 0. The average Bonchev–Trinajstić information content (AvgIpc) is 2.03. The smallest absolute Gasteiger partial charge is 0.301 e. The Morgan fingerprint density at radius 1 is 1.31 bits per heavy atom. The first-order chi connectivity index (χ1) is 5.91. The van der Waals surface area contributed by atoms with Gasteiger partial charge in [-0.05, 0) is 39.8 Å². The Kier molecular flexibility index (Phi) is 3.29. The van der Waals surface area contributed by atoms with Crippen molar-refractivity contribution in [2.75, 3.05) is 13.1 Å². The predicted molar refractivity (Wildman–Crippen MR) is 49.8 cm³/mol. The molecule has 1 saturated heterocycles. The van der Waals surface area contributed by atoms with Crippen molar-refractivity contribution in [2.45, 2.75) is 38.0 Å². The monoisotopic (exact) mass is 209 g/mol. The maximum atomic E-state index is 12.6. The largest absolute Gasteiger partial charge is 0.305 e. The van der Waals surface area contributed by atoms with Gasteiger partial charge in [0.1, 0.15) is 0 Å². The van der Waals surface area contributed by atoms with Crippen molar-refractivity contribution in [3.63, 3.8) is 0 Å². The van der Waals surface area contributed by atoms with Crippen LogP contribution in [0.4, 0.5) is 3.89 Å². The van der Waals surface area contributed by atoms with Crippen LogP contribution in [-0.4, -0.2) is 37.7 Å². The van der Waals surface area contributed by atoms with Crippen molar-refractivity contribution < 1.29 is 12.3 Å². The first-order valence-electron chi connectivity index (χ1n) is 4.59. The zero-order valence-electron chi connectivity index (χ0n) is 8.03. The van der Waals surface area contributed by atoms with Crippen LogP contribution in [0.2, 0.25) is 0 Å². The van der Waals surface area contributed by atoms with E-state index in [1.54, 1.807) is 0 Å². The summed E-state index contributed by atoms with van der Waals surface area (Å²) in [6.07, 6.45) is 0.855. The van der Waals surface area contributed by atoms with E-state index in [9.17, 15) is 12.3 Å². The molecule has 0 aliphatic carbocycles. The Hall–Kier alpha value is -0.160. The second kappa shape index (κ2) is 3.92. The van der Waals surface area contributed by atoms with Gasteiger partial charge < -0.3 is 4.90 Å². The van der Waals surface area contributed by atoms with E-state index in [1.807, 2.05) is 0 Å². The van der Waals surface area contributed by atoms with Gasteiger partial charge in [-0.15, -0.1) is 3.89 Å². The third kappa shape index (κ3) is 2.91. The lowest BCUT2D eigenvalue weighted by Crippen LogP contribution is -2.41. The molecule has 0 atom stereocenters. The van der Waals surface area contributed by atoms with Gasteiger partial charge >= 0.3 is 10.2 Å². The number of piperidine rings is 1. The Morgan fingerprint density at radius 2 is 1.77 bits per heavy atom. The Morgan fingerprint density at radius 3 is 2.08 bits per heavy atom. The molecule has 0 bridgehead atoms. The molecule has 0 spiro atoms. The van der Waals surface area contributed by atoms with Crippen LogP contribution in [0.15, 0.2) is 0 Å². The van der Waals surface area contributed by atoms with Crippen molar-refractivity contribution in [1.29, 1.82) is 0 Å². The van der Waals surface area contributed by atoms with Crippen LogP contribution in [0.1, 0.15) is 26.7 Å². The molecule has 1 aliphatic rings. The molecule has 78 valence electrons. The van der Waals surface area contributed by atoms with E-state index in [0.717, 1.165) is 0 Å². The highest BCUT2D eigenvalue weighted by Crippen LogP contribution is 2.20. The average molecular weight is 209 g/mol. The minimum absolute atomic E-state index is 0.420. The number of likely N-dealkylation sites (tertiary alicyclic amines) is 1. The minimum atomic E-state index is -4.30. The third-order valence-electron chi connectivity index (χ3n) is 2.61. The Balaban J connectivity index is 2.49. The molecule has 1 aliphatic heterocycles. The summed E-state index contributed by atoms with van der Waals surface area (Å²) >= 11 is 0. The fourth-order valence-electron chi connectivity index (χ4n) is 1.67. The van der Waals surface area contributed by atoms with Crippen molar-refractivity contribution in [3.8, 4) is 0 Å². The van der Waals surface area contributed by atoms with Crippen molar-refractivity contribution in [3.05, 3.63) is 0 Å². The summed E-state index contributed by atoms with van der Waals surface area (Å²) < 4.78 is 33.7. The van der Waals surface area contributed by atoms with Gasteiger partial charge in [0.25, 0.3) is 0 Å². The lowest BCUT2D eigenvalue weighted by Gasteiger charge is -2.32. The van der Waals surface area contributed by atoms with E-state index in [2.05, 4.69) is 18.7 Å². The lowest BCUT2D eigenvalue weighted by molar-refractivity contribution is 0.185.